The third-order valence-corrected chi connectivity index (χ3v) is 4.32. The quantitative estimate of drug-likeness (QED) is 0.607. The molecule has 124 valence electrons. The average Bonchev–Trinajstić information content (AvgIpc) is 3.01. The molecule has 0 atom stereocenters. The number of carbonyl (C=O) groups is 1. The average molecular weight is 348 g/mol. The van der Waals surface area contributed by atoms with Gasteiger partial charge < -0.3 is 19.2 Å². The first-order chi connectivity index (χ1) is 10.8. The van der Waals surface area contributed by atoms with Gasteiger partial charge in [-0.25, -0.2) is 4.79 Å². The van der Waals surface area contributed by atoms with Crippen LogP contribution in [0, 0.1) is 0 Å². The Kier molecular flexibility index (Phi) is 3.71. The predicted molar refractivity (Wildman–Crippen MR) is 77.2 cm³/mol. The monoisotopic (exact) mass is 348 g/mol. The van der Waals surface area contributed by atoms with Crippen LogP contribution in [0.1, 0.15) is 4.88 Å². The van der Waals surface area contributed by atoms with Crippen molar-refractivity contribution in [2.24, 2.45) is 5.16 Å². The van der Waals surface area contributed by atoms with E-state index in [0.29, 0.717) is 28.0 Å². The van der Waals surface area contributed by atoms with Crippen molar-refractivity contribution >= 4 is 34.1 Å². The third kappa shape index (κ3) is 2.74. The fourth-order valence-electron chi connectivity index (χ4n) is 2.09. The second kappa shape index (κ2) is 5.44. The van der Waals surface area contributed by atoms with E-state index in [1.165, 1.54) is 0 Å². The minimum Gasteiger partial charge on any atom is -0.485 e. The molecule has 3 rings (SSSR count). The number of hydrogen-bond donors (Lipinski definition) is 0. The van der Waals surface area contributed by atoms with Gasteiger partial charge >= 0.3 is 12.1 Å². The van der Waals surface area contributed by atoms with Crippen LogP contribution in [0.15, 0.2) is 10.7 Å². The lowest BCUT2D eigenvalue weighted by Crippen LogP contribution is -2.24. The summed E-state index contributed by atoms with van der Waals surface area (Å²) in [5, 5.41) is 3.50. The smallest absolute Gasteiger partial charge is 0.437 e. The highest BCUT2D eigenvalue weighted by molar-refractivity contribution is 7.17. The Morgan fingerprint density at radius 1 is 1.22 bits per heavy atom. The predicted octanol–water partition coefficient (Wildman–Crippen LogP) is 2.44. The first-order valence-corrected chi connectivity index (χ1v) is 7.29. The van der Waals surface area contributed by atoms with Crippen molar-refractivity contribution in [1.29, 1.82) is 0 Å². The van der Waals surface area contributed by atoms with Crippen LogP contribution in [0.4, 0.5) is 18.2 Å². The van der Waals surface area contributed by atoms with Gasteiger partial charge in [-0.15, -0.1) is 11.3 Å². The van der Waals surface area contributed by atoms with Crippen LogP contribution in [0.2, 0.25) is 0 Å². The zero-order valence-electron chi connectivity index (χ0n) is 12.1. The standard InChI is InChI=1S/C13H11F3N2O4S/c1-18(2)11-9-8(20-3-4-21-9)7(23-11)5-6-10(13(14,15)16)17-22-12(6)19/h5H,3-4H2,1-2H3/b6-5-. The molecule has 2 aliphatic rings. The van der Waals surface area contributed by atoms with Gasteiger partial charge in [-0.1, -0.05) is 5.16 Å². The van der Waals surface area contributed by atoms with Crippen molar-refractivity contribution in [2.75, 3.05) is 32.2 Å². The maximum absolute atomic E-state index is 12.9. The minimum atomic E-state index is -4.78. The van der Waals surface area contributed by atoms with E-state index in [2.05, 4.69) is 9.99 Å². The Hall–Kier alpha value is -2.23. The number of rotatable bonds is 2. The second-order valence-electron chi connectivity index (χ2n) is 4.90. The minimum absolute atomic E-state index is 0.275. The number of halogens is 3. The Labute approximate surface area is 132 Å². The van der Waals surface area contributed by atoms with Gasteiger partial charge in [0, 0.05) is 14.1 Å². The van der Waals surface area contributed by atoms with Crippen LogP contribution in [-0.4, -0.2) is 45.2 Å². The molecular weight excluding hydrogens is 337 g/mol. The summed E-state index contributed by atoms with van der Waals surface area (Å²) < 4.78 is 49.7. The SMILES string of the molecule is CN(C)c1sc(/C=C2\C(=O)ON=C2C(F)(F)F)c2c1OCCO2. The molecule has 0 saturated carbocycles. The van der Waals surface area contributed by atoms with E-state index in [9.17, 15) is 18.0 Å². The molecule has 0 amide bonds. The van der Waals surface area contributed by atoms with E-state index in [1.54, 1.807) is 19.0 Å². The van der Waals surface area contributed by atoms with Crippen LogP contribution < -0.4 is 14.4 Å². The Bertz CT molecular complexity index is 722. The van der Waals surface area contributed by atoms with Crippen molar-refractivity contribution in [1.82, 2.24) is 0 Å². The van der Waals surface area contributed by atoms with Crippen molar-refractivity contribution in [3.05, 3.63) is 10.5 Å². The van der Waals surface area contributed by atoms with Crippen molar-refractivity contribution < 1.29 is 32.3 Å². The summed E-state index contributed by atoms with van der Waals surface area (Å²) in [6, 6.07) is 0. The lowest BCUT2D eigenvalue weighted by atomic mass is 10.1. The number of anilines is 1. The van der Waals surface area contributed by atoms with Gasteiger partial charge in [0.05, 0.1) is 10.5 Å². The van der Waals surface area contributed by atoms with Gasteiger partial charge in [0.1, 0.15) is 18.2 Å². The summed E-state index contributed by atoms with van der Waals surface area (Å²) in [4.78, 5) is 17.8. The van der Waals surface area contributed by atoms with E-state index >= 15 is 0 Å². The van der Waals surface area contributed by atoms with Crippen molar-refractivity contribution in [2.45, 2.75) is 6.18 Å². The molecule has 0 aromatic carbocycles. The summed E-state index contributed by atoms with van der Waals surface area (Å²) in [7, 11) is 3.54. The van der Waals surface area contributed by atoms with E-state index in [0.717, 1.165) is 17.4 Å². The van der Waals surface area contributed by atoms with Gasteiger partial charge in [-0.05, 0) is 6.08 Å². The summed E-state index contributed by atoms with van der Waals surface area (Å²) >= 11 is 1.15. The molecule has 23 heavy (non-hydrogen) atoms. The molecule has 1 aromatic heterocycles. The van der Waals surface area contributed by atoms with E-state index < -0.39 is 23.4 Å². The molecule has 3 heterocycles. The zero-order valence-corrected chi connectivity index (χ0v) is 12.9. The van der Waals surface area contributed by atoms with Crippen LogP contribution in [0.3, 0.4) is 0 Å². The van der Waals surface area contributed by atoms with E-state index in [1.807, 2.05) is 0 Å². The maximum atomic E-state index is 12.9. The van der Waals surface area contributed by atoms with Crippen LogP contribution in [0.25, 0.3) is 6.08 Å². The fraction of sp³-hybridized carbons (Fsp3) is 0.385. The molecule has 6 nitrogen and oxygen atoms in total. The second-order valence-corrected chi connectivity index (χ2v) is 5.93. The highest BCUT2D eigenvalue weighted by Gasteiger charge is 2.45. The number of fused-ring (bicyclic) bond motifs is 1. The van der Waals surface area contributed by atoms with Crippen LogP contribution in [-0.2, 0) is 9.63 Å². The van der Waals surface area contributed by atoms with E-state index in [4.69, 9.17) is 9.47 Å². The molecule has 0 radical (unpaired) electrons. The molecule has 10 heteroatoms. The highest BCUT2D eigenvalue weighted by atomic mass is 32.1. The van der Waals surface area contributed by atoms with Crippen molar-refractivity contribution in [3.8, 4) is 11.5 Å². The van der Waals surface area contributed by atoms with Gasteiger partial charge in [0.25, 0.3) is 0 Å². The molecular formula is C13H11F3N2O4S. The number of nitrogens with zero attached hydrogens (tertiary/aromatic N) is 2. The molecule has 1 aromatic rings. The fourth-order valence-corrected chi connectivity index (χ4v) is 3.15. The van der Waals surface area contributed by atoms with Gasteiger partial charge in [0.15, 0.2) is 17.2 Å². The van der Waals surface area contributed by atoms with Crippen LogP contribution >= 0.6 is 11.3 Å². The summed E-state index contributed by atoms with van der Waals surface area (Å²) in [5.74, 6) is -0.378. The molecule has 0 spiro atoms. The molecule has 0 N–H and O–H groups in total. The molecule has 0 bridgehead atoms. The topological polar surface area (TPSA) is 60.4 Å². The number of alkyl halides is 3. The number of thiophene rings is 1. The Morgan fingerprint density at radius 3 is 2.48 bits per heavy atom. The number of carbonyl (C=O) groups excluding carboxylic acids is 1. The molecule has 0 aliphatic carbocycles. The normalized spacial score (nSPS) is 18.9. The first kappa shape index (κ1) is 15.7. The molecule has 0 fully saturated rings. The molecule has 0 unspecified atom stereocenters. The molecule has 2 aliphatic heterocycles. The van der Waals surface area contributed by atoms with E-state index in [-0.39, 0.29) is 6.61 Å². The van der Waals surface area contributed by atoms with Gasteiger partial charge in [-0.2, -0.15) is 13.2 Å². The summed E-state index contributed by atoms with van der Waals surface area (Å²) in [5.41, 5.74) is -2.01. The lowest BCUT2D eigenvalue weighted by molar-refractivity contribution is -0.136. The molecule has 0 saturated heterocycles. The largest absolute Gasteiger partial charge is 0.485 e. The third-order valence-electron chi connectivity index (χ3n) is 3.05. The number of oxime groups is 1. The highest BCUT2D eigenvalue weighted by Crippen LogP contribution is 2.50. The van der Waals surface area contributed by atoms with Crippen molar-refractivity contribution in [3.63, 3.8) is 0 Å². The maximum Gasteiger partial charge on any atom is 0.437 e. The van der Waals surface area contributed by atoms with Crippen LogP contribution in [0.5, 0.6) is 11.5 Å². The summed E-state index contributed by atoms with van der Waals surface area (Å²) in [6.45, 7) is 0.620. The van der Waals surface area contributed by atoms with Gasteiger partial charge in [0.2, 0.25) is 0 Å². The number of ether oxygens (including phenoxy) is 2. The lowest BCUT2D eigenvalue weighted by Gasteiger charge is -2.18. The number of hydrogen-bond acceptors (Lipinski definition) is 7. The first-order valence-electron chi connectivity index (χ1n) is 6.47. The zero-order chi connectivity index (χ0) is 16.8. The van der Waals surface area contributed by atoms with Gasteiger partial charge in [-0.3, -0.25) is 0 Å². The Balaban J connectivity index is 2.09. The Morgan fingerprint density at radius 2 is 1.87 bits per heavy atom. The summed E-state index contributed by atoms with van der Waals surface area (Å²) in [6.07, 6.45) is -3.70.